The van der Waals surface area contributed by atoms with E-state index in [2.05, 4.69) is 31.2 Å². The van der Waals surface area contributed by atoms with Gasteiger partial charge in [0.25, 0.3) is 0 Å². The van der Waals surface area contributed by atoms with Crippen molar-refractivity contribution < 1.29 is 9.72 Å². The second-order valence-electron chi connectivity index (χ2n) is 5.60. The Hall–Kier alpha value is -1.97. The van der Waals surface area contributed by atoms with Crippen LogP contribution in [0.25, 0.3) is 0 Å². The van der Waals surface area contributed by atoms with Crippen LogP contribution in [0, 0.1) is 10.1 Å². The van der Waals surface area contributed by atoms with E-state index in [0.29, 0.717) is 25.0 Å². The molecule has 0 aromatic heterocycles. The number of nitro groups is 1. The summed E-state index contributed by atoms with van der Waals surface area (Å²) < 4.78 is 0. The molecule has 0 amide bonds. The Kier molecular flexibility index (Phi) is 16.0. The van der Waals surface area contributed by atoms with E-state index in [4.69, 9.17) is 0 Å². The number of unbranched alkanes of at least 4 members (excludes halogenated alkanes) is 4. The van der Waals surface area contributed by atoms with Crippen LogP contribution in [0.3, 0.4) is 0 Å². The third-order valence-corrected chi connectivity index (χ3v) is 3.51. The highest BCUT2D eigenvalue weighted by Gasteiger charge is 2.08. The molecule has 0 aromatic carbocycles. The first kappa shape index (κ1) is 22.0. The molecule has 0 radical (unpaired) electrons. The van der Waals surface area contributed by atoms with Gasteiger partial charge in [0.1, 0.15) is 6.29 Å². The van der Waals surface area contributed by atoms with Crippen molar-refractivity contribution in [1.29, 1.82) is 0 Å². The lowest BCUT2D eigenvalue weighted by Gasteiger charge is -1.99. The molecule has 0 saturated carbocycles. The van der Waals surface area contributed by atoms with Gasteiger partial charge in [-0.1, -0.05) is 56.2 Å². The number of carbonyl (C=O) groups is 1. The summed E-state index contributed by atoms with van der Waals surface area (Å²) >= 11 is 0. The van der Waals surface area contributed by atoms with Gasteiger partial charge in [-0.3, -0.25) is 10.1 Å². The smallest absolute Gasteiger partial charge is 0.242 e. The van der Waals surface area contributed by atoms with Gasteiger partial charge in [0, 0.05) is 12.8 Å². The van der Waals surface area contributed by atoms with Crippen molar-refractivity contribution in [2.24, 2.45) is 0 Å². The van der Waals surface area contributed by atoms with Crippen molar-refractivity contribution in [3.05, 3.63) is 58.3 Å². The molecule has 0 aliphatic rings. The van der Waals surface area contributed by atoms with E-state index >= 15 is 0 Å². The van der Waals surface area contributed by atoms with Crippen molar-refractivity contribution in [3.63, 3.8) is 0 Å². The van der Waals surface area contributed by atoms with Gasteiger partial charge in [0.15, 0.2) is 0 Å². The maximum atomic E-state index is 11.0. The minimum Gasteiger partial charge on any atom is -0.303 e. The molecule has 0 N–H and O–H groups in total. The molecule has 4 heteroatoms. The molecular formula is C20H31NO3. The van der Waals surface area contributed by atoms with Gasteiger partial charge in [-0.2, -0.15) is 0 Å². The van der Waals surface area contributed by atoms with Crippen molar-refractivity contribution in [2.45, 2.75) is 71.1 Å². The van der Waals surface area contributed by atoms with Crippen LogP contribution >= 0.6 is 0 Å². The number of nitrogens with zero attached hydrogens (tertiary/aromatic N) is 1. The second kappa shape index (κ2) is 17.4. The molecule has 0 bridgehead atoms. The molecule has 0 aliphatic carbocycles. The average molecular weight is 333 g/mol. The van der Waals surface area contributed by atoms with Gasteiger partial charge in [-0.25, -0.2) is 0 Å². The molecule has 0 spiro atoms. The average Bonchev–Trinajstić information content (AvgIpc) is 2.57. The molecular weight excluding hydrogens is 302 g/mol. The van der Waals surface area contributed by atoms with Crippen LogP contribution in [0.4, 0.5) is 0 Å². The number of aldehydes is 1. The van der Waals surface area contributed by atoms with E-state index in [1.165, 1.54) is 0 Å². The summed E-state index contributed by atoms with van der Waals surface area (Å²) in [7, 11) is 0. The highest BCUT2D eigenvalue weighted by Crippen LogP contribution is 2.12. The molecule has 134 valence electrons. The largest absolute Gasteiger partial charge is 0.303 e. The first-order valence-electron chi connectivity index (χ1n) is 8.94. The zero-order valence-corrected chi connectivity index (χ0v) is 14.9. The molecule has 0 atom stereocenters. The summed E-state index contributed by atoms with van der Waals surface area (Å²) in [6, 6.07) is 0. The summed E-state index contributed by atoms with van der Waals surface area (Å²) in [6.45, 7) is 2.11. The Morgan fingerprint density at radius 2 is 1.46 bits per heavy atom. The van der Waals surface area contributed by atoms with E-state index < -0.39 is 0 Å². The van der Waals surface area contributed by atoms with E-state index in [1.807, 2.05) is 12.2 Å². The van der Waals surface area contributed by atoms with Crippen LogP contribution in [0.15, 0.2) is 48.2 Å². The predicted octanol–water partition coefficient (Wildman–Crippen LogP) is 5.94. The molecule has 0 unspecified atom stereocenters. The fourth-order valence-electron chi connectivity index (χ4n) is 2.16. The minimum absolute atomic E-state index is 0.279. The number of allylic oxidation sites excluding steroid dienone is 8. The Balaban J connectivity index is 3.94. The number of hydrogen-bond donors (Lipinski definition) is 0. The monoisotopic (exact) mass is 333 g/mol. The number of carbonyl (C=O) groups excluding carboxylic acids is 1. The van der Waals surface area contributed by atoms with Crippen LogP contribution in [0.1, 0.15) is 71.1 Å². The molecule has 4 nitrogen and oxygen atoms in total. The Morgan fingerprint density at radius 1 is 0.875 bits per heavy atom. The van der Waals surface area contributed by atoms with Crippen molar-refractivity contribution >= 4 is 6.29 Å². The molecule has 0 rings (SSSR count). The highest BCUT2D eigenvalue weighted by atomic mass is 16.6. The number of rotatable bonds is 15. The zero-order valence-electron chi connectivity index (χ0n) is 14.9. The third-order valence-electron chi connectivity index (χ3n) is 3.51. The first-order valence-corrected chi connectivity index (χ1v) is 8.94. The first-order chi connectivity index (χ1) is 11.7. The van der Waals surface area contributed by atoms with Crippen molar-refractivity contribution in [2.75, 3.05) is 0 Å². The van der Waals surface area contributed by atoms with Crippen LogP contribution in [0.5, 0.6) is 0 Å². The van der Waals surface area contributed by atoms with E-state index in [-0.39, 0.29) is 4.92 Å². The molecule has 0 heterocycles. The van der Waals surface area contributed by atoms with Gasteiger partial charge in [-0.05, 0) is 44.6 Å². The maximum absolute atomic E-state index is 11.0. The molecule has 24 heavy (non-hydrogen) atoms. The number of hydrogen-bond acceptors (Lipinski definition) is 3. The van der Waals surface area contributed by atoms with E-state index in [1.54, 1.807) is 6.08 Å². The predicted molar refractivity (Wildman–Crippen MR) is 100 cm³/mol. The van der Waals surface area contributed by atoms with Crippen LogP contribution < -0.4 is 0 Å². The van der Waals surface area contributed by atoms with E-state index in [9.17, 15) is 14.9 Å². The summed E-state index contributed by atoms with van der Waals surface area (Å²) in [5.74, 6) is 0. The lowest BCUT2D eigenvalue weighted by Crippen LogP contribution is -1.98. The summed E-state index contributed by atoms with van der Waals surface area (Å²) in [6.07, 6.45) is 23.3. The molecule has 0 saturated heterocycles. The Morgan fingerprint density at radius 3 is 2.04 bits per heavy atom. The highest BCUT2D eigenvalue weighted by molar-refractivity contribution is 5.48. The molecule has 0 aromatic rings. The van der Waals surface area contributed by atoms with Crippen LogP contribution in [0.2, 0.25) is 0 Å². The lowest BCUT2D eigenvalue weighted by atomic mass is 10.1. The standard InChI is InChI=1S/C20H31NO3/c1-2-3-4-5-6-7-8-9-11-14-17-20(21(23)24)18-15-12-10-13-16-19-22/h3-4,6-7,9,11,17,19H,2,5,8,10,12-16,18H2,1H3/b4-3+,7-6+,11-9+,20-17-. The van der Waals surface area contributed by atoms with Crippen LogP contribution in [-0.2, 0) is 4.79 Å². The van der Waals surface area contributed by atoms with Crippen molar-refractivity contribution in [1.82, 2.24) is 0 Å². The fourth-order valence-corrected chi connectivity index (χ4v) is 2.16. The van der Waals surface area contributed by atoms with Gasteiger partial charge in [0.2, 0.25) is 5.70 Å². The zero-order chi connectivity index (χ0) is 17.9. The molecule has 0 fully saturated rings. The van der Waals surface area contributed by atoms with Gasteiger partial charge >= 0.3 is 0 Å². The van der Waals surface area contributed by atoms with Crippen LogP contribution in [-0.4, -0.2) is 11.2 Å². The normalized spacial score (nSPS) is 12.6. The SMILES string of the molecule is CC/C=C/C/C=C/C/C=C/C/C=C(/CCCCCCC=O)[N+](=O)[O-]. The Bertz CT molecular complexity index is 448. The summed E-state index contributed by atoms with van der Waals surface area (Å²) in [5, 5.41) is 11.0. The summed E-state index contributed by atoms with van der Waals surface area (Å²) in [4.78, 5) is 20.9. The molecule has 0 aliphatic heterocycles. The van der Waals surface area contributed by atoms with Crippen molar-refractivity contribution in [3.8, 4) is 0 Å². The quantitative estimate of drug-likeness (QED) is 0.123. The van der Waals surface area contributed by atoms with Gasteiger partial charge in [0.05, 0.1) is 4.92 Å². The maximum Gasteiger partial charge on any atom is 0.242 e. The lowest BCUT2D eigenvalue weighted by molar-refractivity contribution is -0.428. The van der Waals surface area contributed by atoms with Gasteiger partial charge in [-0.15, -0.1) is 0 Å². The van der Waals surface area contributed by atoms with E-state index in [0.717, 1.165) is 51.2 Å². The summed E-state index contributed by atoms with van der Waals surface area (Å²) in [5.41, 5.74) is 0.301. The minimum atomic E-state index is -0.279. The second-order valence-corrected chi connectivity index (χ2v) is 5.60. The topological polar surface area (TPSA) is 60.2 Å². The van der Waals surface area contributed by atoms with Gasteiger partial charge < -0.3 is 4.79 Å². The third kappa shape index (κ3) is 14.9. The fraction of sp³-hybridized carbons (Fsp3) is 0.550. The Labute approximate surface area is 146 Å².